The maximum atomic E-state index is 12.7. The Labute approximate surface area is 159 Å². The third-order valence-electron chi connectivity index (χ3n) is 4.71. The van der Waals surface area contributed by atoms with Gasteiger partial charge in [-0.1, -0.05) is 13.8 Å². The topological polar surface area (TPSA) is 53.6 Å². The summed E-state index contributed by atoms with van der Waals surface area (Å²) in [5, 5.41) is 6.61. The van der Waals surface area contributed by atoms with Crippen LogP contribution in [0.15, 0.2) is 0 Å². The fraction of sp³-hybridized carbons (Fsp3) is 0.941. The van der Waals surface area contributed by atoms with Crippen LogP contribution in [0, 0.1) is 11.8 Å². The van der Waals surface area contributed by atoms with Gasteiger partial charge in [-0.25, -0.2) is 0 Å². The Morgan fingerprint density at radius 1 is 1.25 bits per heavy atom. The van der Waals surface area contributed by atoms with E-state index < -0.39 is 0 Å². The van der Waals surface area contributed by atoms with Crippen LogP contribution in [0.4, 0.5) is 0 Å². The van der Waals surface area contributed by atoms with Crippen LogP contribution < -0.4 is 10.6 Å². The molecule has 5 nitrogen and oxygen atoms in total. The van der Waals surface area contributed by atoms with Gasteiger partial charge in [0, 0.05) is 19.6 Å². The number of ether oxygens (including phenoxy) is 1. The number of nitrogens with zero attached hydrogens (tertiary/aromatic N) is 1. The van der Waals surface area contributed by atoms with Gasteiger partial charge in [0.1, 0.15) is 0 Å². The van der Waals surface area contributed by atoms with Gasteiger partial charge in [-0.05, 0) is 51.6 Å². The van der Waals surface area contributed by atoms with Gasteiger partial charge < -0.3 is 15.4 Å². The molecule has 2 N–H and O–H groups in total. The van der Waals surface area contributed by atoms with Gasteiger partial charge in [0.25, 0.3) is 0 Å². The summed E-state index contributed by atoms with van der Waals surface area (Å²) in [5.74, 6) is 1.07. The standard InChI is InChI=1S/C17H33N3O2.2ClH/c1-12(2)16(20-10-13(3)22-14(4)11-20)17(21)19-9-15-6-5-7-18-8-15;;/h12-16,18H,5-11H2,1-4H3,(H,19,21);2*1H. The summed E-state index contributed by atoms with van der Waals surface area (Å²) in [4.78, 5) is 15.0. The zero-order valence-electron chi connectivity index (χ0n) is 15.4. The number of hydrogen-bond donors (Lipinski definition) is 2. The van der Waals surface area contributed by atoms with E-state index in [4.69, 9.17) is 4.74 Å². The number of piperidine rings is 1. The molecule has 0 bridgehead atoms. The monoisotopic (exact) mass is 383 g/mol. The summed E-state index contributed by atoms with van der Waals surface area (Å²) < 4.78 is 5.80. The van der Waals surface area contributed by atoms with Gasteiger partial charge in [-0.3, -0.25) is 9.69 Å². The molecule has 2 heterocycles. The molecule has 0 aliphatic carbocycles. The van der Waals surface area contributed by atoms with Crippen molar-refractivity contribution in [1.29, 1.82) is 0 Å². The fourth-order valence-electron chi connectivity index (χ4n) is 3.78. The second kappa shape index (κ2) is 11.5. The molecule has 24 heavy (non-hydrogen) atoms. The van der Waals surface area contributed by atoms with Crippen molar-refractivity contribution in [3.63, 3.8) is 0 Å². The molecule has 144 valence electrons. The van der Waals surface area contributed by atoms with E-state index in [2.05, 4.69) is 43.2 Å². The van der Waals surface area contributed by atoms with E-state index in [-0.39, 0.29) is 49.0 Å². The molecule has 0 aromatic rings. The molecule has 4 unspecified atom stereocenters. The molecule has 4 atom stereocenters. The Morgan fingerprint density at radius 3 is 2.38 bits per heavy atom. The number of carbonyl (C=O) groups is 1. The van der Waals surface area contributed by atoms with Gasteiger partial charge in [0.2, 0.25) is 5.91 Å². The lowest BCUT2D eigenvalue weighted by atomic mass is 9.97. The molecule has 0 saturated carbocycles. The average molecular weight is 384 g/mol. The van der Waals surface area contributed by atoms with Crippen molar-refractivity contribution in [3.8, 4) is 0 Å². The molecule has 0 radical (unpaired) electrons. The molecule has 2 aliphatic rings. The van der Waals surface area contributed by atoms with E-state index >= 15 is 0 Å². The third-order valence-corrected chi connectivity index (χ3v) is 4.71. The van der Waals surface area contributed by atoms with E-state index in [0.717, 1.165) is 32.7 Å². The summed E-state index contributed by atoms with van der Waals surface area (Å²) in [6, 6.07) is -0.0506. The Morgan fingerprint density at radius 2 is 1.88 bits per heavy atom. The van der Waals surface area contributed by atoms with Crippen molar-refractivity contribution in [2.45, 2.75) is 58.8 Å². The van der Waals surface area contributed by atoms with Crippen molar-refractivity contribution in [1.82, 2.24) is 15.5 Å². The van der Waals surface area contributed by atoms with Crippen LogP contribution in [0.3, 0.4) is 0 Å². The molecule has 7 heteroatoms. The number of amides is 1. The number of halogens is 2. The SMILES string of the molecule is CC1CN(C(C(=O)NCC2CCCNC2)C(C)C)CC(C)O1.Cl.Cl. The molecular weight excluding hydrogens is 349 g/mol. The molecule has 0 aromatic heterocycles. The molecular formula is C17H35Cl2N3O2. The van der Waals surface area contributed by atoms with Crippen molar-refractivity contribution < 1.29 is 9.53 Å². The Kier molecular flexibility index (Phi) is 11.5. The van der Waals surface area contributed by atoms with Crippen LogP contribution >= 0.6 is 24.8 Å². The molecule has 0 aromatic carbocycles. The predicted octanol–water partition coefficient (Wildman–Crippen LogP) is 2.08. The van der Waals surface area contributed by atoms with Crippen molar-refractivity contribution in [3.05, 3.63) is 0 Å². The van der Waals surface area contributed by atoms with Crippen LogP contribution in [0.25, 0.3) is 0 Å². The Bertz CT molecular complexity index is 356. The normalized spacial score (nSPS) is 29.3. The quantitative estimate of drug-likeness (QED) is 0.762. The largest absolute Gasteiger partial charge is 0.373 e. The molecule has 0 spiro atoms. The van der Waals surface area contributed by atoms with Crippen molar-refractivity contribution in [2.75, 3.05) is 32.7 Å². The fourth-order valence-corrected chi connectivity index (χ4v) is 3.78. The summed E-state index contributed by atoms with van der Waals surface area (Å²) in [6.45, 7) is 13.1. The van der Waals surface area contributed by atoms with Crippen LogP contribution in [-0.2, 0) is 9.53 Å². The molecule has 2 aliphatic heterocycles. The lowest BCUT2D eigenvalue weighted by Gasteiger charge is -2.41. The van der Waals surface area contributed by atoms with E-state index in [9.17, 15) is 4.79 Å². The second-order valence-electron chi connectivity index (χ2n) is 7.36. The van der Waals surface area contributed by atoms with Crippen molar-refractivity contribution >= 4 is 30.7 Å². The maximum absolute atomic E-state index is 12.7. The van der Waals surface area contributed by atoms with Crippen LogP contribution in [0.2, 0.25) is 0 Å². The van der Waals surface area contributed by atoms with Gasteiger partial charge >= 0.3 is 0 Å². The summed E-state index contributed by atoms with van der Waals surface area (Å²) in [7, 11) is 0. The van der Waals surface area contributed by atoms with Crippen LogP contribution in [0.5, 0.6) is 0 Å². The summed E-state index contributed by atoms with van der Waals surface area (Å²) in [5.41, 5.74) is 0. The first-order chi connectivity index (χ1) is 10.5. The highest BCUT2D eigenvalue weighted by Crippen LogP contribution is 2.19. The smallest absolute Gasteiger partial charge is 0.237 e. The van der Waals surface area contributed by atoms with E-state index in [1.807, 2.05) is 0 Å². The number of morpholine rings is 1. The van der Waals surface area contributed by atoms with E-state index in [1.54, 1.807) is 0 Å². The van der Waals surface area contributed by atoms with Gasteiger partial charge in [0.15, 0.2) is 0 Å². The summed E-state index contributed by atoms with van der Waals surface area (Å²) >= 11 is 0. The minimum atomic E-state index is -0.0506. The number of rotatable bonds is 5. The average Bonchev–Trinajstić information content (AvgIpc) is 2.45. The zero-order valence-corrected chi connectivity index (χ0v) is 17.0. The Hall–Kier alpha value is -0.0700. The number of carbonyl (C=O) groups excluding carboxylic acids is 1. The third kappa shape index (κ3) is 7.04. The maximum Gasteiger partial charge on any atom is 0.237 e. The first kappa shape index (κ1) is 23.9. The molecule has 2 fully saturated rings. The second-order valence-corrected chi connectivity index (χ2v) is 7.36. The Balaban J connectivity index is 0.00000264. The first-order valence-electron chi connectivity index (χ1n) is 8.85. The molecule has 1 amide bonds. The van der Waals surface area contributed by atoms with Gasteiger partial charge in [-0.15, -0.1) is 24.8 Å². The highest BCUT2D eigenvalue weighted by atomic mass is 35.5. The van der Waals surface area contributed by atoms with Gasteiger partial charge in [0.05, 0.1) is 18.2 Å². The zero-order chi connectivity index (χ0) is 16.1. The highest BCUT2D eigenvalue weighted by Gasteiger charge is 2.34. The minimum Gasteiger partial charge on any atom is -0.373 e. The van der Waals surface area contributed by atoms with Crippen molar-refractivity contribution in [2.24, 2.45) is 11.8 Å². The predicted molar refractivity (Wildman–Crippen MR) is 103 cm³/mol. The van der Waals surface area contributed by atoms with Gasteiger partial charge in [-0.2, -0.15) is 0 Å². The lowest BCUT2D eigenvalue weighted by Crippen LogP contribution is -2.57. The van der Waals surface area contributed by atoms with E-state index in [1.165, 1.54) is 12.8 Å². The first-order valence-corrected chi connectivity index (χ1v) is 8.85. The highest BCUT2D eigenvalue weighted by molar-refractivity contribution is 5.85. The van der Waals surface area contributed by atoms with Crippen LogP contribution in [-0.4, -0.2) is 61.8 Å². The summed E-state index contributed by atoms with van der Waals surface area (Å²) in [6.07, 6.45) is 2.82. The lowest BCUT2D eigenvalue weighted by molar-refractivity contribution is -0.135. The molecule has 2 saturated heterocycles. The minimum absolute atomic E-state index is 0. The number of hydrogen-bond acceptors (Lipinski definition) is 4. The van der Waals surface area contributed by atoms with E-state index in [0.29, 0.717) is 11.8 Å². The van der Waals surface area contributed by atoms with Crippen LogP contribution in [0.1, 0.15) is 40.5 Å². The molecule has 2 rings (SSSR count). The number of nitrogens with one attached hydrogen (secondary N) is 2.